The molecule has 26 heavy (non-hydrogen) atoms. The number of carbonyl (C=O) groups is 1. The van der Waals surface area contributed by atoms with Crippen LogP contribution in [0.25, 0.3) is 0 Å². The Hall–Kier alpha value is -2.71. The molecular formula is C18H17N3O3S2. The first-order chi connectivity index (χ1) is 12.5. The number of hydrogen-bond acceptors (Lipinski definition) is 5. The Morgan fingerprint density at radius 3 is 2.54 bits per heavy atom. The van der Waals surface area contributed by atoms with Crippen LogP contribution in [0.15, 0.2) is 70.5 Å². The third-order valence-corrected chi connectivity index (χ3v) is 6.94. The molecule has 1 N–H and O–H groups in total. The van der Waals surface area contributed by atoms with E-state index in [4.69, 9.17) is 0 Å². The van der Waals surface area contributed by atoms with Gasteiger partial charge in [-0.1, -0.05) is 12.1 Å². The molecule has 3 aromatic rings. The number of thiophene rings is 1. The second kappa shape index (κ2) is 7.67. The Kier molecular flexibility index (Phi) is 5.34. The van der Waals surface area contributed by atoms with E-state index in [2.05, 4.69) is 10.3 Å². The zero-order valence-corrected chi connectivity index (χ0v) is 15.6. The maximum absolute atomic E-state index is 12.5. The quantitative estimate of drug-likeness (QED) is 0.705. The van der Waals surface area contributed by atoms with E-state index in [1.54, 1.807) is 60.2 Å². The third kappa shape index (κ3) is 3.92. The van der Waals surface area contributed by atoms with Crippen molar-refractivity contribution in [1.82, 2.24) is 10.3 Å². The summed E-state index contributed by atoms with van der Waals surface area (Å²) in [5.74, 6) is -0.232. The van der Waals surface area contributed by atoms with E-state index in [1.807, 2.05) is 6.07 Å². The number of aromatic nitrogens is 1. The van der Waals surface area contributed by atoms with Crippen molar-refractivity contribution in [1.29, 1.82) is 0 Å². The SMILES string of the molecule is CN(c1ccc(C(=O)NCc2cccnc2)cc1)S(=O)(=O)c1cccs1. The average Bonchev–Trinajstić information content (AvgIpc) is 3.22. The van der Waals surface area contributed by atoms with Gasteiger partial charge in [0.1, 0.15) is 4.21 Å². The van der Waals surface area contributed by atoms with Crippen molar-refractivity contribution in [3.8, 4) is 0 Å². The Bertz CT molecular complexity index is 970. The molecule has 0 atom stereocenters. The second-order valence-corrected chi connectivity index (χ2v) is 8.64. The minimum absolute atomic E-state index is 0.232. The van der Waals surface area contributed by atoms with Gasteiger partial charge in [0.2, 0.25) is 0 Å². The van der Waals surface area contributed by atoms with Gasteiger partial charge in [0, 0.05) is 31.5 Å². The minimum Gasteiger partial charge on any atom is -0.348 e. The second-order valence-electron chi connectivity index (χ2n) is 5.50. The van der Waals surface area contributed by atoms with E-state index in [9.17, 15) is 13.2 Å². The van der Waals surface area contributed by atoms with Gasteiger partial charge in [0.15, 0.2) is 0 Å². The maximum Gasteiger partial charge on any atom is 0.273 e. The van der Waals surface area contributed by atoms with E-state index in [0.717, 1.165) is 5.56 Å². The molecule has 0 saturated carbocycles. The number of pyridine rings is 1. The lowest BCUT2D eigenvalue weighted by molar-refractivity contribution is 0.0951. The molecule has 134 valence electrons. The highest BCUT2D eigenvalue weighted by Crippen LogP contribution is 2.25. The molecule has 6 nitrogen and oxygen atoms in total. The monoisotopic (exact) mass is 387 g/mol. The summed E-state index contributed by atoms with van der Waals surface area (Å²) in [6.45, 7) is 0.376. The standard InChI is InChI=1S/C18H17N3O3S2/c1-21(26(23,24)17-5-3-11-25-17)16-8-6-15(7-9-16)18(22)20-13-14-4-2-10-19-12-14/h2-12H,13H2,1H3,(H,20,22). The largest absolute Gasteiger partial charge is 0.348 e. The number of hydrogen-bond donors (Lipinski definition) is 1. The molecule has 2 aromatic heterocycles. The van der Waals surface area contributed by atoms with Crippen molar-refractivity contribution in [2.45, 2.75) is 10.8 Å². The molecule has 0 spiro atoms. The van der Waals surface area contributed by atoms with E-state index >= 15 is 0 Å². The number of amides is 1. The smallest absolute Gasteiger partial charge is 0.273 e. The van der Waals surface area contributed by atoms with Crippen LogP contribution in [-0.2, 0) is 16.6 Å². The van der Waals surface area contributed by atoms with Crippen molar-refractivity contribution in [3.05, 3.63) is 77.4 Å². The van der Waals surface area contributed by atoms with Crippen LogP contribution in [0.1, 0.15) is 15.9 Å². The molecular weight excluding hydrogens is 370 g/mol. The van der Waals surface area contributed by atoms with Crippen LogP contribution < -0.4 is 9.62 Å². The Labute approximate surface area is 156 Å². The van der Waals surface area contributed by atoms with E-state index in [-0.39, 0.29) is 10.1 Å². The molecule has 1 aromatic carbocycles. The average molecular weight is 387 g/mol. The lowest BCUT2D eigenvalue weighted by atomic mass is 10.2. The van der Waals surface area contributed by atoms with E-state index < -0.39 is 10.0 Å². The first kappa shape index (κ1) is 18.1. The summed E-state index contributed by atoms with van der Waals surface area (Å²) >= 11 is 1.17. The number of sulfonamides is 1. The van der Waals surface area contributed by atoms with Crippen LogP contribution in [0, 0.1) is 0 Å². The van der Waals surface area contributed by atoms with Gasteiger partial charge < -0.3 is 5.32 Å². The zero-order valence-electron chi connectivity index (χ0n) is 14.0. The number of nitrogens with one attached hydrogen (secondary N) is 1. The van der Waals surface area contributed by atoms with Crippen LogP contribution in [-0.4, -0.2) is 26.4 Å². The van der Waals surface area contributed by atoms with Gasteiger partial charge in [0.25, 0.3) is 15.9 Å². The highest BCUT2D eigenvalue weighted by atomic mass is 32.2. The van der Waals surface area contributed by atoms with Gasteiger partial charge in [-0.3, -0.25) is 14.1 Å². The maximum atomic E-state index is 12.5. The van der Waals surface area contributed by atoms with E-state index in [0.29, 0.717) is 17.8 Å². The van der Waals surface area contributed by atoms with Crippen molar-refractivity contribution in [3.63, 3.8) is 0 Å². The first-order valence-corrected chi connectivity index (χ1v) is 10.1. The summed E-state index contributed by atoms with van der Waals surface area (Å²) in [7, 11) is -2.09. The predicted molar refractivity (Wildman–Crippen MR) is 102 cm³/mol. The fourth-order valence-electron chi connectivity index (χ4n) is 2.29. The molecule has 3 rings (SSSR count). The van der Waals surface area contributed by atoms with Crippen LogP contribution >= 0.6 is 11.3 Å². The van der Waals surface area contributed by atoms with Gasteiger partial charge in [-0.05, 0) is 47.3 Å². The highest BCUT2D eigenvalue weighted by Gasteiger charge is 2.22. The number of anilines is 1. The topological polar surface area (TPSA) is 79.4 Å². The van der Waals surface area contributed by atoms with Gasteiger partial charge in [0.05, 0.1) is 5.69 Å². The molecule has 0 aliphatic heterocycles. The fraction of sp³-hybridized carbons (Fsp3) is 0.111. The molecule has 2 heterocycles. The Balaban J connectivity index is 1.69. The van der Waals surface area contributed by atoms with Crippen LogP contribution in [0.5, 0.6) is 0 Å². The Morgan fingerprint density at radius 2 is 1.92 bits per heavy atom. The van der Waals surface area contributed by atoms with Gasteiger partial charge in [-0.15, -0.1) is 11.3 Å². The lowest BCUT2D eigenvalue weighted by Crippen LogP contribution is -2.26. The van der Waals surface area contributed by atoms with Gasteiger partial charge in [-0.2, -0.15) is 0 Å². The summed E-state index contributed by atoms with van der Waals surface area (Å²) in [5, 5.41) is 4.53. The fourth-order valence-corrected chi connectivity index (χ4v) is 4.65. The molecule has 0 aliphatic carbocycles. The molecule has 0 radical (unpaired) electrons. The van der Waals surface area contributed by atoms with Crippen LogP contribution in [0.3, 0.4) is 0 Å². The molecule has 0 fully saturated rings. The molecule has 8 heteroatoms. The Morgan fingerprint density at radius 1 is 1.15 bits per heavy atom. The normalized spacial score (nSPS) is 11.1. The number of nitrogens with zero attached hydrogens (tertiary/aromatic N) is 2. The molecule has 1 amide bonds. The van der Waals surface area contributed by atoms with Gasteiger partial charge >= 0.3 is 0 Å². The highest BCUT2D eigenvalue weighted by molar-refractivity contribution is 7.94. The van der Waals surface area contributed by atoms with Gasteiger partial charge in [-0.25, -0.2) is 8.42 Å². The molecule has 0 bridgehead atoms. The summed E-state index contributed by atoms with van der Waals surface area (Å²) in [5.41, 5.74) is 1.85. The number of carbonyl (C=O) groups excluding carboxylic acids is 1. The predicted octanol–water partition coefficient (Wildman–Crippen LogP) is 2.90. The number of benzene rings is 1. The third-order valence-electron chi connectivity index (χ3n) is 3.78. The van der Waals surface area contributed by atoms with Crippen LogP contribution in [0.4, 0.5) is 5.69 Å². The van der Waals surface area contributed by atoms with Crippen molar-refractivity contribution in [2.75, 3.05) is 11.4 Å². The zero-order chi connectivity index (χ0) is 18.6. The summed E-state index contributed by atoms with van der Waals surface area (Å²) in [6.07, 6.45) is 3.36. The van der Waals surface area contributed by atoms with Crippen molar-refractivity contribution >= 4 is 33.0 Å². The molecule has 0 aliphatic rings. The minimum atomic E-state index is -3.58. The van der Waals surface area contributed by atoms with E-state index in [1.165, 1.54) is 22.7 Å². The first-order valence-electron chi connectivity index (χ1n) is 7.78. The lowest BCUT2D eigenvalue weighted by Gasteiger charge is -2.18. The number of rotatable bonds is 6. The van der Waals surface area contributed by atoms with Crippen molar-refractivity contribution < 1.29 is 13.2 Å². The summed E-state index contributed by atoms with van der Waals surface area (Å²) in [4.78, 5) is 16.2. The molecule has 0 saturated heterocycles. The molecule has 0 unspecified atom stereocenters. The summed E-state index contributed by atoms with van der Waals surface area (Å²) < 4.78 is 26.5. The van der Waals surface area contributed by atoms with Crippen molar-refractivity contribution in [2.24, 2.45) is 0 Å². The summed E-state index contributed by atoms with van der Waals surface area (Å²) in [6, 6.07) is 13.4. The van der Waals surface area contributed by atoms with Crippen LogP contribution in [0.2, 0.25) is 0 Å².